The predicted molar refractivity (Wildman–Crippen MR) is 95.0 cm³/mol. The van der Waals surface area contributed by atoms with Gasteiger partial charge in [0.25, 0.3) is 0 Å². The predicted octanol–water partition coefficient (Wildman–Crippen LogP) is 3.50. The number of hydrogen-bond acceptors (Lipinski definition) is 4. The number of aromatic nitrogens is 1. The van der Waals surface area contributed by atoms with E-state index in [4.69, 9.17) is 10.5 Å². The van der Waals surface area contributed by atoms with E-state index in [9.17, 15) is 4.79 Å². The summed E-state index contributed by atoms with van der Waals surface area (Å²) in [5.41, 5.74) is 7.09. The highest BCUT2D eigenvalue weighted by Gasteiger charge is 2.08. The van der Waals surface area contributed by atoms with Crippen molar-refractivity contribution in [2.45, 2.75) is 33.7 Å². The van der Waals surface area contributed by atoms with Crippen LogP contribution in [-0.4, -0.2) is 17.4 Å². The highest BCUT2D eigenvalue weighted by atomic mass is 16.5. The smallest absolute Gasteiger partial charge is 0.250 e. The van der Waals surface area contributed by atoms with E-state index < -0.39 is 5.91 Å². The van der Waals surface area contributed by atoms with Gasteiger partial charge in [-0.25, -0.2) is 4.98 Å². The molecule has 2 rings (SSSR count). The zero-order chi connectivity index (χ0) is 17.6. The van der Waals surface area contributed by atoms with Gasteiger partial charge in [0.2, 0.25) is 11.8 Å². The number of carbonyl (C=O) groups is 1. The van der Waals surface area contributed by atoms with Gasteiger partial charge in [-0.05, 0) is 42.1 Å². The van der Waals surface area contributed by atoms with Crippen molar-refractivity contribution >= 4 is 5.91 Å². The number of primary amides is 1. The van der Waals surface area contributed by atoms with Crippen molar-refractivity contribution < 1.29 is 9.53 Å². The molecule has 0 atom stereocenters. The Labute approximate surface area is 143 Å². The van der Waals surface area contributed by atoms with Gasteiger partial charge < -0.3 is 15.8 Å². The van der Waals surface area contributed by atoms with Gasteiger partial charge in [0.05, 0.1) is 5.56 Å². The first-order valence-electron chi connectivity index (χ1n) is 8.07. The topological polar surface area (TPSA) is 77.2 Å². The highest BCUT2D eigenvalue weighted by molar-refractivity contribution is 5.92. The lowest BCUT2D eigenvalue weighted by Crippen LogP contribution is -2.20. The quantitative estimate of drug-likeness (QED) is 0.763. The lowest BCUT2D eigenvalue weighted by molar-refractivity contribution is 0.1000. The molecule has 1 amide bonds. The lowest BCUT2D eigenvalue weighted by Gasteiger charge is -2.18. The van der Waals surface area contributed by atoms with E-state index in [0.717, 1.165) is 19.5 Å². The first kappa shape index (κ1) is 17.9. The number of ether oxygens (including phenoxy) is 1. The van der Waals surface area contributed by atoms with E-state index in [1.807, 2.05) is 24.3 Å². The molecule has 2 aromatic rings. The fourth-order valence-corrected chi connectivity index (χ4v) is 2.08. The van der Waals surface area contributed by atoms with Crippen LogP contribution in [0.5, 0.6) is 11.6 Å². The molecule has 1 aromatic carbocycles. The molecule has 5 nitrogen and oxygen atoms in total. The van der Waals surface area contributed by atoms with Crippen molar-refractivity contribution in [3.8, 4) is 11.6 Å². The summed E-state index contributed by atoms with van der Waals surface area (Å²) in [5, 5.41) is 3.45. The van der Waals surface area contributed by atoms with Crippen LogP contribution in [0, 0.1) is 5.41 Å². The molecular weight excluding hydrogens is 302 g/mol. The average molecular weight is 327 g/mol. The molecule has 0 unspecified atom stereocenters. The third-order valence-electron chi connectivity index (χ3n) is 3.55. The Morgan fingerprint density at radius 2 is 1.88 bits per heavy atom. The number of pyridine rings is 1. The van der Waals surface area contributed by atoms with Crippen molar-refractivity contribution in [2.24, 2.45) is 11.1 Å². The third kappa shape index (κ3) is 6.01. The lowest BCUT2D eigenvalue weighted by atomic mass is 9.92. The molecule has 24 heavy (non-hydrogen) atoms. The maximum Gasteiger partial charge on any atom is 0.250 e. The monoisotopic (exact) mass is 327 g/mol. The number of nitrogens with one attached hydrogen (secondary N) is 1. The first-order chi connectivity index (χ1) is 11.3. The molecule has 128 valence electrons. The fourth-order valence-electron chi connectivity index (χ4n) is 2.08. The molecule has 0 saturated carbocycles. The molecule has 0 saturated heterocycles. The van der Waals surface area contributed by atoms with Gasteiger partial charge in [-0.2, -0.15) is 0 Å². The normalized spacial score (nSPS) is 11.3. The number of hydrogen-bond donors (Lipinski definition) is 2. The van der Waals surface area contributed by atoms with Crippen LogP contribution in [0.2, 0.25) is 0 Å². The van der Waals surface area contributed by atoms with E-state index in [1.54, 1.807) is 12.1 Å². The Hall–Kier alpha value is -2.40. The van der Waals surface area contributed by atoms with Gasteiger partial charge in [0.15, 0.2) is 0 Å². The van der Waals surface area contributed by atoms with Crippen molar-refractivity contribution in [3.05, 3.63) is 53.7 Å². The fraction of sp³-hybridized carbons (Fsp3) is 0.368. The van der Waals surface area contributed by atoms with Gasteiger partial charge in [0.1, 0.15) is 5.75 Å². The maximum absolute atomic E-state index is 11.0. The van der Waals surface area contributed by atoms with Gasteiger partial charge >= 0.3 is 0 Å². The Balaban J connectivity index is 1.84. The van der Waals surface area contributed by atoms with E-state index in [1.165, 1.54) is 11.8 Å². The summed E-state index contributed by atoms with van der Waals surface area (Å²) >= 11 is 0. The Bertz CT molecular complexity index is 659. The molecule has 0 aliphatic heterocycles. The molecule has 1 heterocycles. The highest BCUT2D eigenvalue weighted by Crippen LogP contribution is 2.20. The van der Waals surface area contributed by atoms with E-state index >= 15 is 0 Å². The van der Waals surface area contributed by atoms with Crippen molar-refractivity contribution in [1.29, 1.82) is 0 Å². The Morgan fingerprint density at radius 1 is 1.17 bits per heavy atom. The molecule has 5 heteroatoms. The summed E-state index contributed by atoms with van der Waals surface area (Å²) in [6.45, 7) is 8.56. The molecule has 0 radical (unpaired) electrons. The van der Waals surface area contributed by atoms with Crippen LogP contribution in [0.25, 0.3) is 0 Å². The molecule has 0 spiro atoms. The molecule has 0 fully saturated rings. The minimum Gasteiger partial charge on any atom is -0.439 e. The van der Waals surface area contributed by atoms with Crippen molar-refractivity contribution in [2.75, 3.05) is 6.54 Å². The molecule has 3 N–H and O–H groups in total. The van der Waals surface area contributed by atoms with Crippen LogP contribution in [-0.2, 0) is 6.54 Å². The zero-order valence-electron chi connectivity index (χ0n) is 14.5. The van der Waals surface area contributed by atoms with E-state index in [-0.39, 0.29) is 0 Å². The third-order valence-corrected chi connectivity index (χ3v) is 3.55. The van der Waals surface area contributed by atoms with Crippen LogP contribution < -0.4 is 15.8 Å². The summed E-state index contributed by atoms with van der Waals surface area (Å²) < 4.78 is 5.65. The first-order valence-corrected chi connectivity index (χ1v) is 8.07. The van der Waals surface area contributed by atoms with Crippen molar-refractivity contribution in [3.63, 3.8) is 0 Å². The minimum atomic E-state index is -0.502. The number of nitrogens with zero attached hydrogens (tertiary/aromatic N) is 1. The number of carbonyl (C=O) groups excluding carboxylic acids is 1. The number of rotatable bonds is 7. The zero-order valence-corrected chi connectivity index (χ0v) is 14.5. The summed E-state index contributed by atoms with van der Waals surface area (Å²) in [7, 11) is 0. The summed E-state index contributed by atoms with van der Waals surface area (Å²) in [6, 6.07) is 11.1. The molecule has 0 bridgehead atoms. The molecule has 1 aromatic heterocycles. The minimum absolute atomic E-state index is 0.349. The van der Waals surface area contributed by atoms with Gasteiger partial charge in [-0.3, -0.25) is 4.79 Å². The van der Waals surface area contributed by atoms with Crippen molar-refractivity contribution in [1.82, 2.24) is 10.3 Å². The van der Waals surface area contributed by atoms with Crippen LogP contribution in [0.4, 0.5) is 0 Å². The van der Waals surface area contributed by atoms with Gasteiger partial charge in [0, 0.05) is 18.8 Å². The number of nitrogens with two attached hydrogens (primary N) is 1. The number of amides is 1. The average Bonchev–Trinajstić information content (AvgIpc) is 2.53. The molecule has 0 aliphatic carbocycles. The van der Waals surface area contributed by atoms with Crippen LogP contribution >= 0.6 is 0 Å². The standard InChI is InChI=1S/C19H25N3O2/c1-19(2,3)10-11-21-12-14-4-7-16(8-5-14)24-17-9-6-15(13-22-17)18(20)23/h4-9,13,21H,10-12H2,1-3H3,(H2,20,23). The SMILES string of the molecule is CC(C)(C)CCNCc1ccc(Oc2ccc(C(N)=O)cn2)cc1. The molecule has 0 aliphatic rings. The van der Waals surface area contributed by atoms with Crippen LogP contribution in [0.1, 0.15) is 43.1 Å². The second kappa shape index (κ2) is 7.93. The Morgan fingerprint density at radius 3 is 2.42 bits per heavy atom. The van der Waals surface area contributed by atoms with Crippen LogP contribution in [0.3, 0.4) is 0 Å². The van der Waals surface area contributed by atoms with Gasteiger partial charge in [-0.1, -0.05) is 32.9 Å². The van der Waals surface area contributed by atoms with E-state index in [0.29, 0.717) is 22.6 Å². The maximum atomic E-state index is 11.0. The second-order valence-corrected chi connectivity index (χ2v) is 6.98. The van der Waals surface area contributed by atoms with E-state index in [2.05, 4.69) is 31.1 Å². The summed E-state index contributed by atoms with van der Waals surface area (Å²) in [4.78, 5) is 15.1. The second-order valence-electron chi connectivity index (χ2n) is 6.98. The summed E-state index contributed by atoms with van der Waals surface area (Å²) in [6.07, 6.45) is 2.55. The Kier molecular flexibility index (Phi) is 5.93. The van der Waals surface area contributed by atoms with Gasteiger partial charge in [-0.15, -0.1) is 0 Å². The summed E-state index contributed by atoms with van der Waals surface area (Å²) in [5.74, 6) is 0.626. The largest absolute Gasteiger partial charge is 0.439 e. The number of benzene rings is 1. The molecular formula is C19H25N3O2. The van der Waals surface area contributed by atoms with Crippen LogP contribution in [0.15, 0.2) is 42.6 Å².